The molecule has 142 valence electrons. The molecule has 0 unspecified atom stereocenters. The van der Waals surface area contributed by atoms with Gasteiger partial charge in [-0.3, -0.25) is 0 Å². The number of benzene rings is 1. The smallest absolute Gasteiger partial charge is 0.373 e. The fourth-order valence-corrected chi connectivity index (χ4v) is 4.42. The summed E-state index contributed by atoms with van der Waals surface area (Å²) in [5.74, 6) is -0.741. The molecule has 0 bridgehead atoms. The quantitative estimate of drug-likeness (QED) is 0.742. The highest BCUT2D eigenvalue weighted by atomic mass is 32.2. The maximum atomic E-state index is 12.8. The van der Waals surface area contributed by atoms with Gasteiger partial charge in [0.05, 0.1) is 13.2 Å². The molecule has 0 saturated carbocycles. The molecule has 7 nitrogen and oxygen atoms in total. The third-order valence-electron chi connectivity index (χ3n) is 4.06. The largest absolute Gasteiger partial charge is 0.463 e. The Balaban J connectivity index is 2.30. The molecule has 1 aromatic heterocycles. The lowest BCUT2D eigenvalue weighted by Gasteiger charge is -2.30. The Hall–Kier alpha value is -2.16. The second-order valence-electron chi connectivity index (χ2n) is 6.25. The number of nitrogens with one attached hydrogen (secondary N) is 1. The Morgan fingerprint density at radius 2 is 1.85 bits per heavy atom. The predicted octanol–water partition coefficient (Wildman–Crippen LogP) is 2.34. The predicted molar refractivity (Wildman–Crippen MR) is 97.4 cm³/mol. The number of ether oxygens (including phenoxy) is 1. The van der Waals surface area contributed by atoms with Gasteiger partial charge in [0.1, 0.15) is 10.7 Å². The number of nitrogens with zero attached hydrogens (tertiary/aromatic N) is 1. The first-order valence-electron chi connectivity index (χ1n) is 8.10. The summed E-state index contributed by atoms with van der Waals surface area (Å²) in [6, 6.07) is 10.2. The van der Waals surface area contributed by atoms with Gasteiger partial charge >= 0.3 is 5.97 Å². The van der Waals surface area contributed by atoms with Crippen molar-refractivity contribution in [1.29, 1.82) is 0 Å². The fraction of sp³-hybridized carbons (Fsp3) is 0.389. The van der Waals surface area contributed by atoms with E-state index in [2.05, 4.69) is 9.46 Å². The van der Waals surface area contributed by atoms with Crippen LogP contribution >= 0.6 is 0 Å². The first kappa shape index (κ1) is 20.2. The molecule has 1 aromatic carbocycles. The third-order valence-corrected chi connectivity index (χ3v) is 5.73. The molecule has 0 radical (unpaired) electrons. The first-order chi connectivity index (χ1) is 12.2. The van der Waals surface area contributed by atoms with Crippen molar-refractivity contribution in [1.82, 2.24) is 9.62 Å². The van der Waals surface area contributed by atoms with E-state index in [0.29, 0.717) is 0 Å². The molecule has 0 amide bonds. The minimum absolute atomic E-state index is 0.0738. The number of sulfonamides is 1. The van der Waals surface area contributed by atoms with Gasteiger partial charge in [0.25, 0.3) is 0 Å². The van der Waals surface area contributed by atoms with Crippen LogP contribution < -0.4 is 4.72 Å². The van der Waals surface area contributed by atoms with Crippen molar-refractivity contribution in [2.24, 2.45) is 0 Å². The molecular weight excluding hydrogens is 356 g/mol. The Kier molecular flexibility index (Phi) is 6.22. The van der Waals surface area contributed by atoms with Gasteiger partial charge < -0.3 is 14.1 Å². The van der Waals surface area contributed by atoms with E-state index in [1.165, 1.54) is 20.1 Å². The van der Waals surface area contributed by atoms with Crippen molar-refractivity contribution < 1.29 is 22.4 Å². The number of rotatable bonds is 7. The Morgan fingerprint density at radius 3 is 2.38 bits per heavy atom. The molecule has 2 atom stereocenters. The van der Waals surface area contributed by atoms with E-state index in [4.69, 9.17) is 4.42 Å². The molecule has 2 rings (SSSR count). The van der Waals surface area contributed by atoms with Gasteiger partial charge in [-0.25, -0.2) is 17.9 Å². The van der Waals surface area contributed by atoms with E-state index in [1.54, 1.807) is 6.92 Å². The summed E-state index contributed by atoms with van der Waals surface area (Å²) in [6.07, 6.45) is 0. The van der Waals surface area contributed by atoms with E-state index >= 15 is 0 Å². The Morgan fingerprint density at radius 1 is 1.23 bits per heavy atom. The second kappa shape index (κ2) is 8.03. The van der Waals surface area contributed by atoms with Crippen LogP contribution in [0, 0.1) is 6.92 Å². The van der Waals surface area contributed by atoms with Crippen LogP contribution in [0.15, 0.2) is 45.7 Å². The number of carbonyl (C=O) groups is 1. The van der Waals surface area contributed by atoms with Crippen LogP contribution in [0.1, 0.15) is 34.8 Å². The van der Waals surface area contributed by atoms with E-state index in [1.807, 2.05) is 49.3 Å². The van der Waals surface area contributed by atoms with Crippen molar-refractivity contribution >= 4 is 16.0 Å². The van der Waals surface area contributed by atoms with Crippen LogP contribution in [-0.4, -0.2) is 46.5 Å². The lowest BCUT2D eigenvalue weighted by atomic mass is 10.0. The van der Waals surface area contributed by atoms with Crippen molar-refractivity contribution in [2.75, 3.05) is 21.2 Å². The van der Waals surface area contributed by atoms with Crippen molar-refractivity contribution in [3.63, 3.8) is 0 Å². The van der Waals surface area contributed by atoms with Gasteiger partial charge in [-0.15, -0.1) is 0 Å². The molecule has 2 aromatic rings. The highest BCUT2D eigenvalue weighted by molar-refractivity contribution is 7.89. The van der Waals surface area contributed by atoms with Crippen LogP contribution in [0.25, 0.3) is 0 Å². The summed E-state index contributed by atoms with van der Waals surface area (Å²) in [5.41, 5.74) is 0.992. The number of hydrogen-bond donors (Lipinski definition) is 1. The number of carbonyl (C=O) groups excluding carboxylic acids is 1. The van der Waals surface area contributed by atoms with Gasteiger partial charge in [-0.2, -0.15) is 0 Å². The third kappa shape index (κ3) is 4.32. The van der Waals surface area contributed by atoms with Crippen LogP contribution in [0.2, 0.25) is 0 Å². The lowest BCUT2D eigenvalue weighted by Crippen LogP contribution is -2.42. The monoisotopic (exact) mass is 380 g/mol. The topological polar surface area (TPSA) is 88.8 Å². The molecule has 8 heteroatoms. The van der Waals surface area contributed by atoms with Crippen molar-refractivity contribution in [2.45, 2.75) is 30.8 Å². The average Bonchev–Trinajstić information content (AvgIpc) is 2.97. The van der Waals surface area contributed by atoms with Crippen LogP contribution in [0.3, 0.4) is 0 Å². The summed E-state index contributed by atoms with van der Waals surface area (Å²) in [6.45, 7) is 3.29. The molecule has 0 saturated heterocycles. The number of esters is 1. The summed E-state index contributed by atoms with van der Waals surface area (Å²) < 4.78 is 38.1. The summed E-state index contributed by atoms with van der Waals surface area (Å²) in [5, 5.41) is 0. The lowest BCUT2D eigenvalue weighted by molar-refractivity contribution is 0.0563. The molecule has 0 fully saturated rings. The standard InChI is InChI=1S/C18H24N2O5S/c1-12(17(20(3)4)14-9-7-6-8-10-14)19-26(22,23)16-11-15(18(21)24-5)25-13(16)2/h6-12,17,19H,1-5H3/t12-,17+/m1/s1. The van der Waals surface area contributed by atoms with Gasteiger partial charge in [-0.1, -0.05) is 30.3 Å². The molecule has 0 aliphatic heterocycles. The number of likely N-dealkylation sites (N-methyl/N-ethyl adjacent to an activating group) is 1. The fourth-order valence-electron chi connectivity index (χ4n) is 2.99. The Labute approximate surface area is 154 Å². The maximum absolute atomic E-state index is 12.8. The van der Waals surface area contributed by atoms with Crippen molar-refractivity contribution in [3.8, 4) is 0 Å². The first-order valence-corrected chi connectivity index (χ1v) is 9.58. The molecule has 1 heterocycles. The average molecular weight is 380 g/mol. The number of methoxy groups -OCH3 is 1. The zero-order valence-electron chi connectivity index (χ0n) is 15.5. The SMILES string of the molecule is COC(=O)c1cc(S(=O)(=O)N[C@H](C)[C@@H](c2ccccc2)N(C)C)c(C)o1. The van der Waals surface area contributed by atoms with Gasteiger partial charge in [0.15, 0.2) is 0 Å². The minimum atomic E-state index is -3.88. The molecule has 1 N–H and O–H groups in total. The van der Waals surface area contributed by atoms with Crippen LogP contribution in [0.5, 0.6) is 0 Å². The van der Waals surface area contributed by atoms with Crippen LogP contribution in [0.4, 0.5) is 0 Å². The van der Waals surface area contributed by atoms with Crippen LogP contribution in [-0.2, 0) is 14.8 Å². The van der Waals surface area contributed by atoms with E-state index in [9.17, 15) is 13.2 Å². The van der Waals surface area contributed by atoms with Gasteiger partial charge in [0.2, 0.25) is 15.8 Å². The molecule has 0 aliphatic carbocycles. The second-order valence-corrected chi connectivity index (χ2v) is 7.93. The summed E-state index contributed by atoms with van der Waals surface area (Å²) in [7, 11) is 1.11. The van der Waals surface area contributed by atoms with Gasteiger partial charge in [0, 0.05) is 12.1 Å². The number of hydrogen-bond acceptors (Lipinski definition) is 6. The van der Waals surface area contributed by atoms with E-state index < -0.39 is 22.0 Å². The molecule has 0 aliphatic rings. The van der Waals surface area contributed by atoms with Crippen molar-refractivity contribution in [3.05, 3.63) is 53.5 Å². The van der Waals surface area contributed by atoms with Gasteiger partial charge in [-0.05, 0) is 33.5 Å². The number of furan rings is 1. The molecule has 0 spiro atoms. The normalized spacial score (nSPS) is 14.2. The number of aryl methyl sites for hydroxylation is 1. The highest BCUT2D eigenvalue weighted by Gasteiger charge is 2.30. The molecule has 26 heavy (non-hydrogen) atoms. The minimum Gasteiger partial charge on any atom is -0.463 e. The Bertz CT molecular complexity index is 859. The highest BCUT2D eigenvalue weighted by Crippen LogP contribution is 2.25. The zero-order valence-corrected chi connectivity index (χ0v) is 16.3. The zero-order chi connectivity index (χ0) is 19.5. The van der Waals surface area contributed by atoms with E-state index in [-0.39, 0.29) is 22.5 Å². The van der Waals surface area contributed by atoms with E-state index in [0.717, 1.165) is 5.56 Å². The molecular formula is C18H24N2O5S. The summed E-state index contributed by atoms with van der Waals surface area (Å²) >= 11 is 0. The maximum Gasteiger partial charge on any atom is 0.373 e. The summed E-state index contributed by atoms with van der Waals surface area (Å²) in [4.78, 5) is 13.4.